The molecule has 0 radical (unpaired) electrons. The number of phenols is 2. The van der Waals surface area contributed by atoms with Crippen LogP contribution in [0.5, 0.6) is 11.5 Å². The third-order valence-corrected chi connectivity index (χ3v) is 10.2. The van der Waals surface area contributed by atoms with E-state index in [0.29, 0.717) is 21.9 Å². The summed E-state index contributed by atoms with van der Waals surface area (Å²) in [6, 6.07) is 21.3. The highest BCUT2D eigenvalue weighted by atomic mass is 32.2. The van der Waals surface area contributed by atoms with Crippen LogP contribution >= 0.6 is 0 Å². The van der Waals surface area contributed by atoms with Crippen molar-refractivity contribution in [2.24, 2.45) is 0 Å². The number of hydrogen-bond donors (Lipinski definition) is 8. The van der Waals surface area contributed by atoms with Crippen molar-refractivity contribution in [3.63, 3.8) is 0 Å². The van der Waals surface area contributed by atoms with Crippen molar-refractivity contribution in [2.75, 3.05) is 21.3 Å². The number of phenolic OH excluding ortho intramolecular Hbond substituents is 2. The van der Waals surface area contributed by atoms with E-state index in [-0.39, 0.29) is 56.1 Å². The summed E-state index contributed by atoms with van der Waals surface area (Å²) in [5.41, 5.74) is 1.39. The molecule has 54 heavy (non-hydrogen) atoms. The molecule has 0 saturated heterocycles. The van der Waals surface area contributed by atoms with Crippen molar-refractivity contribution in [3.8, 4) is 11.5 Å². The minimum absolute atomic E-state index is 0.101. The fourth-order valence-corrected chi connectivity index (χ4v) is 6.72. The predicted molar refractivity (Wildman–Crippen MR) is 202 cm³/mol. The van der Waals surface area contributed by atoms with Crippen LogP contribution < -0.4 is 21.3 Å². The van der Waals surface area contributed by atoms with Gasteiger partial charge in [0, 0.05) is 33.3 Å². The third kappa shape index (κ3) is 7.79. The van der Waals surface area contributed by atoms with Gasteiger partial charge in [0.15, 0.2) is 0 Å². The lowest BCUT2D eigenvalue weighted by molar-refractivity contribution is 0.101. The Kier molecular flexibility index (Phi) is 9.74. The SMILES string of the molecule is Cc1ccc(NC(=O)Nc2ccc(C)c(C(=O)Nc3c(O)ccc4ccc(S(=O)(=O)O)cc34)c2)cc1C(=O)Nc1c(O)ccc2ccc(S(=O)(=O)O)cc12. The van der Waals surface area contributed by atoms with Gasteiger partial charge in [-0.15, -0.1) is 0 Å². The number of rotatable bonds is 8. The van der Waals surface area contributed by atoms with E-state index in [0.717, 1.165) is 12.1 Å². The van der Waals surface area contributed by atoms with Crippen LogP contribution in [0.15, 0.2) is 107 Å². The topological polar surface area (TPSA) is 249 Å². The molecule has 0 spiro atoms. The van der Waals surface area contributed by atoms with E-state index >= 15 is 0 Å². The maximum Gasteiger partial charge on any atom is 0.323 e. The summed E-state index contributed by atoms with van der Waals surface area (Å²) >= 11 is 0. The molecule has 6 aromatic carbocycles. The van der Waals surface area contributed by atoms with Gasteiger partial charge in [0.1, 0.15) is 11.5 Å². The molecule has 0 atom stereocenters. The number of benzene rings is 6. The van der Waals surface area contributed by atoms with Gasteiger partial charge in [0.25, 0.3) is 32.1 Å². The molecular weight excluding hydrogens is 741 g/mol. The van der Waals surface area contributed by atoms with Crippen LogP contribution in [0.1, 0.15) is 31.8 Å². The quantitative estimate of drug-likeness (QED) is 0.0600. The van der Waals surface area contributed by atoms with E-state index in [9.17, 15) is 50.5 Å². The second-order valence-corrected chi connectivity index (χ2v) is 15.0. The second kappa shape index (κ2) is 14.1. The Labute approximate surface area is 307 Å². The van der Waals surface area contributed by atoms with Gasteiger partial charge in [0.05, 0.1) is 21.2 Å². The number of anilines is 4. The van der Waals surface area contributed by atoms with Gasteiger partial charge >= 0.3 is 6.03 Å². The van der Waals surface area contributed by atoms with Crippen molar-refractivity contribution < 1.29 is 50.5 Å². The van der Waals surface area contributed by atoms with Gasteiger partial charge in [-0.1, -0.05) is 36.4 Å². The molecule has 17 heteroatoms. The Hall–Kier alpha value is -6.53. The van der Waals surface area contributed by atoms with Crippen molar-refractivity contribution in [3.05, 3.63) is 119 Å². The van der Waals surface area contributed by atoms with Gasteiger partial charge in [-0.3, -0.25) is 18.7 Å². The first-order valence-corrected chi connectivity index (χ1v) is 18.7. The lowest BCUT2D eigenvalue weighted by atomic mass is 10.0. The maximum absolute atomic E-state index is 13.5. The molecule has 15 nitrogen and oxygen atoms in total. The molecule has 6 rings (SSSR count). The summed E-state index contributed by atoms with van der Waals surface area (Å²) in [5.74, 6) is -2.11. The summed E-state index contributed by atoms with van der Waals surface area (Å²) in [6.07, 6.45) is 0. The predicted octanol–water partition coefficient (Wildman–Crippen LogP) is 6.66. The molecule has 0 aliphatic carbocycles. The average Bonchev–Trinajstić information content (AvgIpc) is 3.11. The average molecular weight is 771 g/mol. The zero-order valence-corrected chi connectivity index (χ0v) is 29.8. The van der Waals surface area contributed by atoms with Crippen LogP contribution in [0, 0.1) is 13.8 Å². The van der Waals surface area contributed by atoms with Crippen molar-refractivity contribution in [1.29, 1.82) is 0 Å². The Morgan fingerprint density at radius 2 is 0.870 bits per heavy atom. The van der Waals surface area contributed by atoms with E-state index in [4.69, 9.17) is 0 Å². The van der Waals surface area contributed by atoms with E-state index in [2.05, 4.69) is 21.3 Å². The smallest absolute Gasteiger partial charge is 0.323 e. The van der Waals surface area contributed by atoms with Crippen molar-refractivity contribution in [1.82, 2.24) is 0 Å². The molecule has 8 N–H and O–H groups in total. The van der Waals surface area contributed by atoms with Gasteiger partial charge in [-0.25, -0.2) is 4.79 Å². The molecule has 6 aromatic rings. The van der Waals surface area contributed by atoms with E-state index in [1.54, 1.807) is 26.0 Å². The monoisotopic (exact) mass is 770 g/mol. The fourth-order valence-electron chi connectivity index (χ4n) is 5.70. The van der Waals surface area contributed by atoms with Gasteiger partial charge in [-0.05, 0) is 96.4 Å². The van der Waals surface area contributed by atoms with Crippen LogP contribution in [0.2, 0.25) is 0 Å². The molecule has 0 unspecified atom stereocenters. The molecule has 0 aliphatic rings. The number of carbonyl (C=O) groups excluding carboxylic acids is 3. The summed E-state index contributed by atoms with van der Waals surface area (Å²) in [7, 11) is -9.16. The second-order valence-electron chi connectivity index (χ2n) is 12.2. The number of urea groups is 1. The fraction of sp³-hybridized carbons (Fsp3) is 0.0541. The Bertz CT molecular complexity index is 2600. The Morgan fingerprint density at radius 3 is 1.24 bits per heavy atom. The minimum Gasteiger partial charge on any atom is -0.506 e. The van der Waals surface area contributed by atoms with Crippen molar-refractivity contribution >= 4 is 82.4 Å². The highest BCUT2D eigenvalue weighted by Crippen LogP contribution is 2.36. The van der Waals surface area contributed by atoms with E-state index in [1.807, 2.05) is 0 Å². The van der Waals surface area contributed by atoms with Gasteiger partial charge in [0.2, 0.25) is 0 Å². The minimum atomic E-state index is -4.58. The van der Waals surface area contributed by atoms with Gasteiger partial charge < -0.3 is 31.5 Å². The van der Waals surface area contributed by atoms with Crippen LogP contribution in [0.4, 0.5) is 27.5 Å². The number of aromatic hydroxyl groups is 2. The molecule has 0 heterocycles. The first-order valence-electron chi connectivity index (χ1n) is 15.8. The summed E-state index contributed by atoms with van der Waals surface area (Å²) in [6.45, 7) is 3.28. The number of carbonyl (C=O) groups is 3. The normalized spacial score (nSPS) is 11.6. The molecule has 0 fully saturated rings. The first kappa shape index (κ1) is 37.2. The summed E-state index contributed by atoms with van der Waals surface area (Å²) in [5, 5.41) is 32.8. The number of aryl methyl sites for hydroxylation is 2. The molecular formula is C37H30N4O11S2. The molecule has 0 saturated carbocycles. The molecule has 276 valence electrons. The largest absolute Gasteiger partial charge is 0.506 e. The molecule has 4 amide bonds. The lowest BCUT2D eigenvalue weighted by Crippen LogP contribution is -2.21. The van der Waals surface area contributed by atoms with E-state index in [1.165, 1.54) is 72.8 Å². The summed E-state index contributed by atoms with van der Waals surface area (Å²) in [4.78, 5) is 39.1. The molecule has 0 aromatic heterocycles. The first-order chi connectivity index (χ1) is 25.4. The molecule has 0 bridgehead atoms. The zero-order chi connectivity index (χ0) is 39.1. The Morgan fingerprint density at radius 1 is 0.500 bits per heavy atom. The number of nitrogens with one attached hydrogen (secondary N) is 4. The molecule has 0 aliphatic heterocycles. The van der Waals surface area contributed by atoms with Crippen LogP contribution in [0.25, 0.3) is 21.5 Å². The lowest BCUT2D eigenvalue weighted by Gasteiger charge is -2.15. The standard InChI is InChI=1S/C37H30N4O11S2/c1-19-3-9-23(15-27(19)35(44)40-33-29-17-25(53(47,48)49)11-5-21(29)7-13-31(33)42)38-37(46)39-24-10-4-20(2)28(16-24)36(45)41-34-30-18-26(54(50,51)52)12-6-22(30)8-14-32(34)43/h3-18,42-43H,1-2H3,(H,40,44)(H,41,45)(H2,38,39,46)(H,47,48,49)(H,50,51,52). The van der Waals surface area contributed by atoms with Gasteiger partial charge in [-0.2, -0.15) is 16.8 Å². The maximum atomic E-state index is 13.5. The number of hydrogen-bond acceptors (Lipinski definition) is 9. The summed E-state index contributed by atoms with van der Waals surface area (Å²) < 4.78 is 66.0. The van der Waals surface area contributed by atoms with Crippen LogP contribution in [0.3, 0.4) is 0 Å². The highest BCUT2D eigenvalue weighted by Gasteiger charge is 2.20. The number of fused-ring (bicyclic) bond motifs is 2. The number of amides is 4. The van der Waals surface area contributed by atoms with Crippen LogP contribution in [-0.4, -0.2) is 54.0 Å². The Balaban J connectivity index is 1.20. The zero-order valence-electron chi connectivity index (χ0n) is 28.2. The van der Waals surface area contributed by atoms with Crippen LogP contribution in [-0.2, 0) is 20.2 Å². The van der Waals surface area contributed by atoms with E-state index < -0.39 is 47.9 Å². The van der Waals surface area contributed by atoms with Crippen molar-refractivity contribution in [2.45, 2.75) is 23.6 Å². The third-order valence-electron chi connectivity index (χ3n) is 8.49. The highest BCUT2D eigenvalue weighted by molar-refractivity contribution is 7.86.